The summed E-state index contributed by atoms with van der Waals surface area (Å²) in [6.45, 7) is 0. The lowest BCUT2D eigenvalue weighted by Crippen LogP contribution is -2.11. The van der Waals surface area contributed by atoms with Crippen LogP contribution >= 0.6 is 0 Å². The Hall–Kier alpha value is -8.56. The summed E-state index contributed by atoms with van der Waals surface area (Å²) in [6, 6.07) is 22.8. The number of benzene rings is 4. The average molecular weight is 1100 g/mol. The molecule has 3 aromatic heterocycles. The van der Waals surface area contributed by atoms with Gasteiger partial charge in [-0.3, -0.25) is 9.97 Å². The second-order valence-electron chi connectivity index (χ2n) is 18.1. The molecule has 20 heteroatoms. The Labute approximate surface area is 463 Å². The number of ether oxygens (including phenoxy) is 16. The molecule has 422 valence electrons. The molecule has 2 N–H and O–H groups in total. The zero-order chi connectivity index (χ0) is 57.1. The molecule has 9 rings (SSSR count). The van der Waals surface area contributed by atoms with Crippen LogP contribution in [-0.2, 0) is 18.9 Å². The van der Waals surface area contributed by atoms with Crippen LogP contribution in [0.5, 0.6) is 69.0 Å². The van der Waals surface area contributed by atoms with Gasteiger partial charge in [0.1, 0.15) is 24.4 Å². The first-order valence-electron chi connectivity index (χ1n) is 25.1. The summed E-state index contributed by atoms with van der Waals surface area (Å²) >= 11 is 0. The fraction of sp³-hybridized carbons (Fsp3) is 0.333. The van der Waals surface area contributed by atoms with Gasteiger partial charge >= 0.3 is 0 Å². The van der Waals surface area contributed by atoms with Crippen LogP contribution < -0.4 is 56.8 Å². The van der Waals surface area contributed by atoms with Crippen LogP contribution in [0.3, 0.4) is 0 Å². The Morgan fingerprint density at radius 2 is 0.438 bits per heavy atom. The normalized spacial score (nSPS) is 15.7. The van der Waals surface area contributed by atoms with E-state index in [0.29, 0.717) is 158 Å². The van der Waals surface area contributed by atoms with E-state index < -0.39 is 24.4 Å². The van der Waals surface area contributed by atoms with Crippen LogP contribution in [0.2, 0.25) is 0 Å². The molecule has 0 unspecified atom stereocenters. The van der Waals surface area contributed by atoms with Gasteiger partial charge in [-0.05, 0) is 95.1 Å². The van der Waals surface area contributed by atoms with E-state index in [2.05, 4.69) is 9.97 Å². The molecule has 4 aromatic carbocycles. The Balaban J connectivity index is 1.62. The minimum absolute atomic E-state index is 0.393. The van der Waals surface area contributed by atoms with Gasteiger partial charge in [0, 0.05) is 72.8 Å². The lowest BCUT2D eigenvalue weighted by Gasteiger charge is -2.21. The molecule has 20 nitrogen and oxygen atoms in total. The molecule has 0 aliphatic carbocycles. The standard InChI is InChI=1S/C60H66N4O16/c1-65-37-21-29(22-38(66-2)53(37)73-9)45-33-17-18-34(61-33)46(30-23-39(67-3)54(74-10)40(24-30)68-4)51-59(79-15)60(80-16)52(64-51)48(32-27-43(71-7)56(76-12)44(28-32)72-8)36-20-19-35(62-36)47(50-58(78-14)57(77-13)49(45)63-50)31-25-41(69-5)55(75-11)42(26-31)70-6/h17-28,57-62H,1-16H3/t57-,58+,59-,60+. The minimum Gasteiger partial charge on any atom is -0.493 e. The quantitative estimate of drug-likeness (QED) is 0.0728. The van der Waals surface area contributed by atoms with Gasteiger partial charge in [-0.25, -0.2) is 0 Å². The van der Waals surface area contributed by atoms with Crippen LogP contribution in [0.1, 0.15) is 47.2 Å². The number of methoxy groups -OCH3 is 16. The molecule has 0 amide bonds. The third-order valence-corrected chi connectivity index (χ3v) is 14.4. The maximum Gasteiger partial charge on any atom is 0.203 e. The number of fused-ring (bicyclic) bond motifs is 8. The van der Waals surface area contributed by atoms with Crippen molar-refractivity contribution in [3.8, 4) is 114 Å². The average Bonchev–Trinajstić information content (AvgIpc) is 4.50. The van der Waals surface area contributed by atoms with Crippen molar-refractivity contribution in [2.75, 3.05) is 114 Å². The highest BCUT2D eigenvalue weighted by Crippen LogP contribution is 2.54. The van der Waals surface area contributed by atoms with Crippen LogP contribution in [0.25, 0.3) is 66.6 Å². The topological polar surface area (TPSA) is 205 Å². The fourth-order valence-corrected chi connectivity index (χ4v) is 10.9. The molecule has 0 fully saturated rings. The first-order chi connectivity index (χ1) is 38.9. The Morgan fingerprint density at radius 3 is 0.575 bits per heavy atom. The molecular weight excluding hydrogens is 1030 g/mol. The molecule has 0 radical (unpaired) electrons. The number of rotatable bonds is 20. The highest BCUT2D eigenvalue weighted by molar-refractivity contribution is 5.94. The highest BCUT2D eigenvalue weighted by atomic mass is 16.6. The Morgan fingerprint density at radius 1 is 0.263 bits per heavy atom. The number of hydrogen-bond donors (Lipinski definition) is 2. The second kappa shape index (κ2) is 23.8. The maximum absolute atomic E-state index is 6.54. The van der Waals surface area contributed by atoms with E-state index >= 15 is 0 Å². The molecule has 5 heterocycles. The number of aromatic amines is 2. The van der Waals surface area contributed by atoms with E-state index in [1.165, 1.54) is 0 Å². The van der Waals surface area contributed by atoms with Crippen molar-refractivity contribution >= 4 is 22.1 Å². The van der Waals surface area contributed by atoms with E-state index in [9.17, 15) is 0 Å². The number of H-pyrrole nitrogens is 2. The van der Waals surface area contributed by atoms with Gasteiger partial charge in [-0.1, -0.05) is 0 Å². The van der Waals surface area contributed by atoms with Crippen molar-refractivity contribution in [1.29, 1.82) is 0 Å². The van der Waals surface area contributed by atoms with Crippen LogP contribution in [0.4, 0.5) is 0 Å². The molecular formula is C60H66N4O16. The third kappa shape index (κ3) is 9.46. The number of nitrogens with zero attached hydrogens (tertiary/aromatic N) is 2. The molecule has 2 aliphatic heterocycles. The van der Waals surface area contributed by atoms with Crippen molar-refractivity contribution in [3.63, 3.8) is 0 Å². The Bertz CT molecular complexity index is 3050. The molecule has 0 saturated carbocycles. The zero-order valence-electron chi connectivity index (χ0n) is 47.7. The molecule has 80 heavy (non-hydrogen) atoms. The zero-order valence-corrected chi connectivity index (χ0v) is 47.7. The molecule has 0 saturated heterocycles. The van der Waals surface area contributed by atoms with Gasteiger partial charge in [0.2, 0.25) is 23.0 Å². The highest BCUT2D eigenvalue weighted by Gasteiger charge is 2.41. The van der Waals surface area contributed by atoms with Crippen molar-refractivity contribution in [2.45, 2.75) is 24.4 Å². The molecule has 7 aromatic rings. The van der Waals surface area contributed by atoms with Crippen molar-refractivity contribution in [2.24, 2.45) is 0 Å². The van der Waals surface area contributed by atoms with E-state index in [0.717, 1.165) is 0 Å². The van der Waals surface area contributed by atoms with E-state index in [1.54, 1.807) is 114 Å². The van der Waals surface area contributed by atoms with E-state index in [-0.39, 0.29) is 0 Å². The number of hydrogen-bond acceptors (Lipinski definition) is 18. The van der Waals surface area contributed by atoms with E-state index in [4.69, 9.17) is 85.8 Å². The molecule has 4 atom stereocenters. The van der Waals surface area contributed by atoms with E-state index in [1.807, 2.05) is 72.8 Å². The third-order valence-electron chi connectivity index (χ3n) is 14.4. The first kappa shape index (κ1) is 56.2. The summed E-state index contributed by atoms with van der Waals surface area (Å²) in [4.78, 5) is 18.9. The largest absolute Gasteiger partial charge is 0.493 e. The van der Waals surface area contributed by atoms with Gasteiger partial charge in [-0.15, -0.1) is 0 Å². The molecule has 8 bridgehead atoms. The molecule has 2 aliphatic rings. The summed E-state index contributed by atoms with van der Waals surface area (Å²) < 4.78 is 97.4. The van der Waals surface area contributed by atoms with Gasteiger partial charge in [0.05, 0.1) is 108 Å². The fourth-order valence-electron chi connectivity index (χ4n) is 10.9. The van der Waals surface area contributed by atoms with Crippen LogP contribution in [0.15, 0.2) is 72.8 Å². The van der Waals surface area contributed by atoms with Gasteiger partial charge in [0.15, 0.2) is 46.0 Å². The maximum atomic E-state index is 6.54. The van der Waals surface area contributed by atoms with Gasteiger partial charge in [0.25, 0.3) is 0 Å². The summed E-state index contributed by atoms with van der Waals surface area (Å²) in [7, 11) is 25.2. The monoisotopic (exact) mass is 1100 g/mol. The number of aromatic nitrogens is 4. The minimum atomic E-state index is -0.839. The van der Waals surface area contributed by atoms with Crippen molar-refractivity contribution in [3.05, 3.63) is 95.6 Å². The number of nitrogens with one attached hydrogen (secondary N) is 2. The summed E-state index contributed by atoms with van der Waals surface area (Å²) in [5.41, 5.74) is 9.28. The summed E-state index contributed by atoms with van der Waals surface area (Å²) in [5, 5.41) is 0. The lowest BCUT2D eigenvalue weighted by molar-refractivity contribution is -0.0325. The van der Waals surface area contributed by atoms with Crippen LogP contribution in [-0.4, -0.2) is 134 Å². The van der Waals surface area contributed by atoms with Gasteiger partial charge < -0.3 is 85.8 Å². The summed E-state index contributed by atoms with van der Waals surface area (Å²) in [5.74, 6) is 4.78. The SMILES string of the molecule is COc1cc(-c2c3nc(c(-c4cc(OC)c(OC)c(OC)c4)c4ccc([nH]4)c(-c4cc(OC)c(OC)c(OC)c4)c4nc(c(-c5cc(OC)c(OC)c(OC)c5)c5ccc2[nH]5)[C@@H](OC)[C@H]4OC)[C@H](OC)[C@@H]3OC)cc(OC)c1OC. The second-order valence-corrected chi connectivity index (χ2v) is 18.1. The van der Waals surface area contributed by atoms with Crippen LogP contribution in [0, 0.1) is 0 Å². The predicted molar refractivity (Wildman–Crippen MR) is 300 cm³/mol. The first-order valence-corrected chi connectivity index (χ1v) is 25.1. The smallest absolute Gasteiger partial charge is 0.203 e. The lowest BCUT2D eigenvalue weighted by atomic mass is 9.96. The van der Waals surface area contributed by atoms with Crippen molar-refractivity contribution in [1.82, 2.24) is 19.9 Å². The van der Waals surface area contributed by atoms with Crippen molar-refractivity contribution < 1.29 is 75.8 Å². The summed E-state index contributed by atoms with van der Waals surface area (Å²) in [6.07, 6.45) is -3.35. The predicted octanol–water partition coefficient (Wildman–Crippen LogP) is 11.2. The Kier molecular flexibility index (Phi) is 16.7. The van der Waals surface area contributed by atoms with Gasteiger partial charge in [-0.2, -0.15) is 0 Å². The molecule has 0 spiro atoms.